The van der Waals surface area contributed by atoms with Crippen molar-refractivity contribution in [1.82, 2.24) is 4.98 Å². The van der Waals surface area contributed by atoms with E-state index in [4.69, 9.17) is 4.98 Å². The number of fused-ring (bicyclic) bond motifs is 1. The van der Waals surface area contributed by atoms with Crippen LogP contribution in [0.25, 0.3) is 10.8 Å². The van der Waals surface area contributed by atoms with E-state index < -0.39 is 0 Å². The molecule has 0 N–H and O–H groups in total. The van der Waals surface area contributed by atoms with Crippen LogP contribution in [0.15, 0.2) is 60.8 Å². The van der Waals surface area contributed by atoms with Crippen molar-refractivity contribution in [2.45, 2.75) is 26.2 Å². The van der Waals surface area contributed by atoms with Gasteiger partial charge in [-0.2, -0.15) is 0 Å². The Kier molecular flexibility index (Phi) is 4.69. The Balaban J connectivity index is 2.07. The zero-order valence-electron chi connectivity index (χ0n) is 12.3. The van der Waals surface area contributed by atoms with E-state index in [0.29, 0.717) is 15.0 Å². The van der Waals surface area contributed by atoms with Gasteiger partial charge in [0.2, 0.25) is 0 Å². The maximum absolute atomic E-state index is 4.76. The first-order chi connectivity index (χ1) is 10.4. The van der Waals surface area contributed by atoms with Crippen LogP contribution in [-0.4, -0.2) is 19.9 Å². The van der Waals surface area contributed by atoms with Gasteiger partial charge in [-0.15, -0.1) is 0 Å². The number of aromatic nitrogens is 1. The molecule has 0 aliphatic rings. The summed E-state index contributed by atoms with van der Waals surface area (Å²) in [5.74, 6) is 0. The van der Waals surface area contributed by atoms with Crippen molar-refractivity contribution in [2.24, 2.45) is 0 Å². The van der Waals surface area contributed by atoms with Gasteiger partial charge in [0.05, 0.1) is 0 Å². The first-order valence-corrected chi connectivity index (χ1v) is 9.19. The van der Waals surface area contributed by atoms with Crippen molar-refractivity contribution in [2.75, 3.05) is 0 Å². The summed E-state index contributed by atoms with van der Waals surface area (Å²) in [6.45, 7) is 2.24. The molecule has 0 atom stereocenters. The Bertz CT molecular complexity index is 722. The average molecular weight is 340 g/mol. The molecule has 0 aliphatic carbocycles. The van der Waals surface area contributed by atoms with E-state index >= 15 is 0 Å². The van der Waals surface area contributed by atoms with E-state index in [1.165, 1.54) is 38.2 Å². The third kappa shape index (κ3) is 3.34. The molecule has 3 rings (SSSR count). The Morgan fingerprint density at radius 3 is 2.52 bits per heavy atom. The number of benzene rings is 2. The molecule has 0 amide bonds. The number of hydrogen-bond donors (Lipinski definition) is 0. The molecule has 0 unspecified atom stereocenters. The van der Waals surface area contributed by atoms with Gasteiger partial charge >= 0.3 is 132 Å². The molecule has 2 aromatic carbocycles. The fraction of sp³-hybridized carbons (Fsp3) is 0.211. The summed E-state index contributed by atoms with van der Waals surface area (Å²) in [4.78, 5) is 4.76. The molecular formula is C19H19NSe. The van der Waals surface area contributed by atoms with Gasteiger partial charge in [0, 0.05) is 0 Å². The molecule has 1 heterocycles. The van der Waals surface area contributed by atoms with E-state index in [2.05, 4.69) is 61.5 Å². The van der Waals surface area contributed by atoms with Crippen LogP contribution in [0.3, 0.4) is 0 Å². The van der Waals surface area contributed by atoms with Gasteiger partial charge in [-0.25, -0.2) is 0 Å². The van der Waals surface area contributed by atoms with Crippen LogP contribution >= 0.6 is 0 Å². The van der Waals surface area contributed by atoms with Gasteiger partial charge < -0.3 is 0 Å². The summed E-state index contributed by atoms with van der Waals surface area (Å²) in [5, 5.41) is 2.63. The van der Waals surface area contributed by atoms with Crippen LogP contribution < -0.4 is 8.92 Å². The van der Waals surface area contributed by atoms with Gasteiger partial charge in [0.15, 0.2) is 0 Å². The summed E-state index contributed by atoms with van der Waals surface area (Å²) in [5.41, 5.74) is 1.29. The number of unbranched alkanes of at least 4 members (excludes halogenated alkanes) is 1. The molecule has 0 saturated carbocycles. The molecule has 0 fully saturated rings. The van der Waals surface area contributed by atoms with Crippen LogP contribution in [0.5, 0.6) is 0 Å². The zero-order valence-corrected chi connectivity index (χ0v) is 14.0. The predicted octanol–water partition coefficient (Wildman–Crippen LogP) is 3.23. The van der Waals surface area contributed by atoms with E-state index in [-0.39, 0.29) is 0 Å². The second-order valence-electron chi connectivity index (χ2n) is 5.14. The number of nitrogens with zero attached hydrogens (tertiary/aromatic N) is 1. The minimum absolute atomic E-state index is 0.318. The Morgan fingerprint density at radius 2 is 1.71 bits per heavy atom. The van der Waals surface area contributed by atoms with E-state index in [1.54, 1.807) is 0 Å². The second-order valence-corrected chi connectivity index (χ2v) is 7.41. The summed E-state index contributed by atoms with van der Waals surface area (Å²) in [6.07, 6.45) is 5.55. The monoisotopic (exact) mass is 341 g/mol. The maximum atomic E-state index is 4.76. The standard InChI is InChI=1S/C19H19NSe/c1-2-3-13-18-19(21-16-10-5-4-6-11-16)17-12-8-7-9-15(17)14-20-18/h4-12,14H,2-3,13H2,1H3. The first-order valence-electron chi connectivity index (χ1n) is 7.48. The van der Waals surface area contributed by atoms with Crippen LogP contribution in [0, 0.1) is 0 Å². The number of pyridine rings is 1. The molecular weight excluding hydrogens is 321 g/mol. The second kappa shape index (κ2) is 6.89. The summed E-state index contributed by atoms with van der Waals surface area (Å²) in [7, 11) is 0. The molecule has 0 spiro atoms. The first kappa shape index (κ1) is 14.3. The van der Waals surface area contributed by atoms with Crippen molar-refractivity contribution in [3.05, 3.63) is 66.5 Å². The number of rotatable bonds is 5. The fourth-order valence-electron chi connectivity index (χ4n) is 2.42. The Hall–Kier alpha value is -1.63. The molecule has 1 nitrogen and oxygen atoms in total. The van der Waals surface area contributed by atoms with Gasteiger partial charge in [-0.1, -0.05) is 0 Å². The van der Waals surface area contributed by atoms with Crippen molar-refractivity contribution in [3.8, 4) is 0 Å². The predicted molar refractivity (Wildman–Crippen MR) is 91.8 cm³/mol. The Labute approximate surface area is 132 Å². The number of aryl methyl sites for hydroxylation is 1. The summed E-state index contributed by atoms with van der Waals surface area (Å²) < 4.78 is 2.88. The minimum atomic E-state index is 0.318. The summed E-state index contributed by atoms with van der Waals surface area (Å²) >= 11 is 0.318. The molecule has 21 heavy (non-hydrogen) atoms. The van der Waals surface area contributed by atoms with Gasteiger partial charge in [-0.05, 0) is 0 Å². The van der Waals surface area contributed by atoms with Gasteiger partial charge in [0.25, 0.3) is 0 Å². The van der Waals surface area contributed by atoms with E-state index in [0.717, 1.165) is 6.42 Å². The molecule has 0 aliphatic heterocycles. The van der Waals surface area contributed by atoms with Crippen LogP contribution in [-0.2, 0) is 6.42 Å². The van der Waals surface area contributed by atoms with E-state index in [1.807, 2.05) is 6.20 Å². The quantitative estimate of drug-likeness (QED) is 0.650. The van der Waals surface area contributed by atoms with E-state index in [9.17, 15) is 0 Å². The molecule has 1 aromatic heterocycles. The molecule has 0 saturated heterocycles. The molecule has 0 radical (unpaired) electrons. The van der Waals surface area contributed by atoms with Gasteiger partial charge in [0.1, 0.15) is 0 Å². The van der Waals surface area contributed by atoms with Crippen molar-refractivity contribution in [3.63, 3.8) is 0 Å². The van der Waals surface area contributed by atoms with Gasteiger partial charge in [-0.3, -0.25) is 0 Å². The van der Waals surface area contributed by atoms with Crippen LogP contribution in [0.4, 0.5) is 0 Å². The molecule has 2 heteroatoms. The third-order valence-electron chi connectivity index (χ3n) is 3.56. The SMILES string of the molecule is CCCCc1ncc2ccccc2c1[Se]c1ccccc1. The molecule has 3 aromatic rings. The molecule has 106 valence electrons. The topological polar surface area (TPSA) is 12.9 Å². The normalized spacial score (nSPS) is 10.9. The molecule has 0 bridgehead atoms. The van der Waals surface area contributed by atoms with Crippen LogP contribution in [0.2, 0.25) is 0 Å². The zero-order chi connectivity index (χ0) is 14.5. The third-order valence-corrected chi connectivity index (χ3v) is 6.01. The van der Waals surface area contributed by atoms with Crippen molar-refractivity contribution < 1.29 is 0 Å². The van der Waals surface area contributed by atoms with Crippen molar-refractivity contribution in [1.29, 1.82) is 0 Å². The summed E-state index contributed by atoms with van der Waals surface area (Å²) in [6, 6.07) is 19.4. The average Bonchev–Trinajstić information content (AvgIpc) is 2.55. The number of hydrogen-bond acceptors (Lipinski definition) is 1. The van der Waals surface area contributed by atoms with Crippen LogP contribution in [0.1, 0.15) is 25.5 Å². The van der Waals surface area contributed by atoms with Crippen molar-refractivity contribution >= 4 is 34.7 Å². The Morgan fingerprint density at radius 1 is 0.952 bits per heavy atom. The fourth-order valence-corrected chi connectivity index (χ4v) is 4.72.